The van der Waals surface area contributed by atoms with E-state index in [1.807, 2.05) is 0 Å². The molecule has 3 heteroatoms. The van der Waals surface area contributed by atoms with E-state index in [0.717, 1.165) is 6.54 Å². The third-order valence-corrected chi connectivity index (χ3v) is 3.82. The average Bonchev–Trinajstić information content (AvgIpc) is 2.66. The average molecular weight is 247 g/mol. The van der Waals surface area contributed by atoms with Gasteiger partial charge in [-0.25, -0.2) is 0 Å². The van der Waals surface area contributed by atoms with E-state index in [1.54, 1.807) is 0 Å². The Hall–Kier alpha value is -1.06. The van der Waals surface area contributed by atoms with Crippen LogP contribution in [-0.2, 0) is 6.54 Å². The molecule has 0 spiro atoms. The molecule has 1 aliphatic heterocycles. The van der Waals surface area contributed by atoms with Gasteiger partial charge in [-0.15, -0.1) is 0 Å². The SMILES string of the molecule is CN(C)c1cccc2c1CN(C(C)(C)C)C2CN. The highest BCUT2D eigenvalue weighted by Crippen LogP contribution is 2.41. The molecule has 0 amide bonds. The van der Waals surface area contributed by atoms with E-state index < -0.39 is 0 Å². The summed E-state index contributed by atoms with van der Waals surface area (Å²) in [6.45, 7) is 8.46. The van der Waals surface area contributed by atoms with Crippen molar-refractivity contribution in [2.24, 2.45) is 5.73 Å². The molecule has 0 radical (unpaired) electrons. The summed E-state index contributed by atoms with van der Waals surface area (Å²) < 4.78 is 0. The highest BCUT2D eigenvalue weighted by atomic mass is 15.2. The van der Waals surface area contributed by atoms with E-state index in [-0.39, 0.29) is 5.54 Å². The summed E-state index contributed by atoms with van der Waals surface area (Å²) in [6, 6.07) is 6.91. The van der Waals surface area contributed by atoms with Gasteiger partial charge in [0.2, 0.25) is 0 Å². The fourth-order valence-corrected chi connectivity index (χ4v) is 2.90. The molecule has 0 bridgehead atoms. The fourth-order valence-electron chi connectivity index (χ4n) is 2.90. The van der Waals surface area contributed by atoms with Gasteiger partial charge < -0.3 is 10.6 Å². The van der Waals surface area contributed by atoms with Crippen LogP contribution in [0, 0.1) is 0 Å². The van der Waals surface area contributed by atoms with Crippen molar-refractivity contribution in [2.75, 3.05) is 25.5 Å². The monoisotopic (exact) mass is 247 g/mol. The zero-order valence-corrected chi connectivity index (χ0v) is 12.2. The number of fused-ring (bicyclic) bond motifs is 1. The number of hydrogen-bond acceptors (Lipinski definition) is 3. The molecule has 0 aromatic heterocycles. The van der Waals surface area contributed by atoms with E-state index in [0.29, 0.717) is 12.6 Å². The second-order valence-corrected chi connectivity index (χ2v) is 6.29. The zero-order valence-electron chi connectivity index (χ0n) is 12.2. The standard InChI is InChI=1S/C15H25N3/c1-15(2,3)18-10-12-11(14(18)9-16)7-6-8-13(12)17(4)5/h6-8,14H,9-10,16H2,1-5H3. The van der Waals surface area contributed by atoms with Gasteiger partial charge in [-0.3, -0.25) is 4.90 Å². The van der Waals surface area contributed by atoms with Crippen molar-refractivity contribution < 1.29 is 0 Å². The highest BCUT2D eigenvalue weighted by Gasteiger charge is 2.37. The zero-order chi connectivity index (χ0) is 13.5. The predicted octanol–water partition coefficient (Wildman–Crippen LogP) is 2.37. The van der Waals surface area contributed by atoms with Gasteiger partial charge in [0, 0.05) is 44.5 Å². The quantitative estimate of drug-likeness (QED) is 0.871. The molecule has 1 aromatic rings. The number of nitrogens with zero attached hydrogens (tertiary/aromatic N) is 2. The number of rotatable bonds is 2. The maximum Gasteiger partial charge on any atom is 0.0483 e. The van der Waals surface area contributed by atoms with Gasteiger partial charge in [0.25, 0.3) is 0 Å². The van der Waals surface area contributed by atoms with Crippen LogP contribution in [0.25, 0.3) is 0 Å². The van der Waals surface area contributed by atoms with E-state index in [1.165, 1.54) is 16.8 Å². The summed E-state index contributed by atoms with van der Waals surface area (Å²) in [7, 11) is 4.21. The normalized spacial score (nSPS) is 20.0. The van der Waals surface area contributed by atoms with Gasteiger partial charge in [0.1, 0.15) is 0 Å². The Balaban J connectivity index is 2.47. The van der Waals surface area contributed by atoms with Crippen molar-refractivity contribution in [3.05, 3.63) is 29.3 Å². The number of nitrogens with two attached hydrogens (primary N) is 1. The number of benzene rings is 1. The minimum Gasteiger partial charge on any atom is -0.377 e. The maximum atomic E-state index is 6.01. The van der Waals surface area contributed by atoms with Crippen LogP contribution in [0.2, 0.25) is 0 Å². The first-order chi connectivity index (χ1) is 8.36. The molecule has 1 atom stereocenters. The molecule has 0 fully saturated rings. The maximum absolute atomic E-state index is 6.01. The van der Waals surface area contributed by atoms with Crippen LogP contribution in [0.3, 0.4) is 0 Å². The molecule has 1 aliphatic rings. The molecule has 2 N–H and O–H groups in total. The van der Waals surface area contributed by atoms with Gasteiger partial charge in [0.15, 0.2) is 0 Å². The molecule has 2 rings (SSSR count). The summed E-state index contributed by atoms with van der Waals surface area (Å²) in [4.78, 5) is 4.70. The number of hydrogen-bond donors (Lipinski definition) is 1. The van der Waals surface area contributed by atoms with Crippen molar-refractivity contribution in [1.82, 2.24) is 4.90 Å². The molecule has 1 unspecified atom stereocenters. The lowest BCUT2D eigenvalue weighted by Gasteiger charge is -2.36. The first kappa shape index (κ1) is 13.4. The third-order valence-electron chi connectivity index (χ3n) is 3.82. The first-order valence-electron chi connectivity index (χ1n) is 6.62. The lowest BCUT2D eigenvalue weighted by molar-refractivity contribution is 0.0949. The Kier molecular flexibility index (Phi) is 3.39. The third kappa shape index (κ3) is 2.13. The van der Waals surface area contributed by atoms with Crippen LogP contribution >= 0.6 is 0 Å². The summed E-state index contributed by atoms with van der Waals surface area (Å²) >= 11 is 0. The predicted molar refractivity (Wildman–Crippen MR) is 77.9 cm³/mol. The van der Waals surface area contributed by atoms with Gasteiger partial charge in [0.05, 0.1) is 0 Å². The van der Waals surface area contributed by atoms with Crippen LogP contribution in [-0.4, -0.2) is 31.1 Å². The fraction of sp³-hybridized carbons (Fsp3) is 0.600. The van der Waals surface area contributed by atoms with Crippen molar-refractivity contribution in [1.29, 1.82) is 0 Å². The Morgan fingerprint density at radius 3 is 2.50 bits per heavy atom. The lowest BCUT2D eigenvalue weighted by Crippen LogP contribution is -2.42. The molecule has 0 aliphatic carbocycles. The van der Waals surface area contributed by atoms with Crippen molar-refractivity contribution in [3.8, 4) is 0 Å². The van der Waals surface area contributed by atoms with Crippen LogP contribution in [0.4, 0.5) is 5.69 Å². The smallest absolute Gasteiger partial charge is 0.0483 e. The molecular weight excluding hydrogens is 222 g/mol. The van der Waals surface area contributed by atoms with Gasteiger partial charge in [-0.1, -0.05) is 12.1 Å². The lowest BCUT2D eigenvalue weighted by atomic mass is 10.0. The second-order valence-electron chi connectivity index (χ2n) is 6.29. The van der Waals surface area contributed by atoms with Crippen molar-refractivity contribution >= 4 is 5.69 Å². The Morgan fingerprint density at radius 2 is 2.00 bits per heavy atom. The number of anilines is 1. The van der Waals surface area contributed by atoms with Crippen LogP contribution in [0.1, 0.15) is 37.9 Å². The van der Waals surface area contributed by atoms with E-state index in [2.05, 4.69) is 62.9 Å². The highest BCUT2D eigenvalue weighted by molar-refractivity contribution is 5.58. The molecular formula is C15H25N3. The largest absolute Gasteiger partial charge is 0.377 e. The van der Waals surface area contributed by atoms with Crippen molar-refractivity contribution in [2.45, 2.75) is 38.9 Å². The first-order valence-corrected chi connectivity index (χ1v) is 6.62. The summed E-state index contributed by atoms with van der Waals surface area (Å²) in [5.41, 5.74) is 10.3. The summed E-state index contributed by atoms with van der Waals surface area (Å²) in [6.07, 6.45) is 0. The van der Waals surface area contributed by atoms with E-state index in [4.69, 9.17) is 5.73 Å². The van der Waals surface area contributed by atoms with Crippen LogP contribution in [0.5, 0.6) is 0 Å². The van der Waals surface area contributed by atoms with Gasteiger partial charge >= 0.3 is 0 Å². The minimum atomic E-state index is 0.145. The Labute approximate surface area is 111 Å². The Morgan fingerprint density at radius 1 is 1.33 bits per heavy atom. The molecule has 3 nitrogen and oxygen atoms in total. The Bertz CT molecular complexity index is 432. The second kappa shape index (κ2) is 4.56. The van der Waals surface area contributed by atoms with Crippen LogP contribution < -0.4 is 10.6 Å². The van der Waals surface area contributed by atoms with Gasteiger partial charge in [-0.2, -0.15) is 0 Å². The molecule has 18 heavy (non-hydrogen) atoms. The van der Waals surface area contributed by atoms with E-state index in [9.17, 15) is 0 Å². The molecule has 0 saturated heterocycles. The minimum absolute atomic E-state index is 0.145. The molecule has 1 heterocycles. The topological polar surface area (TPSA) is 32.5 Å². The van der Waals surface area contributed by atoms with E-state index >= 15 is 0 Å². The van der Waals surface area contributed by atoms with Crippen LogP contribution in [0.15, 0.2) is 18.2 Å². The molecule has 1 aromatic carbocycles. The van der Waals surface area contributed by atoms with Gasteiger partial charge in [-0.05, 0) is 38.0 Å². The summed E-state index contributed by atoms with van der Waals surface area (Å²) in [5.74, 6) is 0. The summed E-state index contributed by atoms with van der Waals surface area (Å²) in [5, 5.41) is 0. The molecule has 0 saturated carbocycles. The van der Waals surface area contributed by atoms with Crippen molar-refractivity contribution in [3.63, 3.8) is 0 Å². The molecule has 100 valence electrons.